The highest BCUT2D eigenvalue weighted by Crippen LogP contribution is 2.28. The van der Waals surface area contributed by atoms with E-state index in [9.17, 15) is 0 Å². The lowest BCUT2D eigenvalue weighted by Crippen LogP contribution is -2.28. The fourth-order valence-corrected chi connectivity index (χ4v) is 3.08. The monoisotopic (exact) mass is 260 g/mol. The van der Waals surface area contributed by atoms with Crippen LogP contribution in [0.5, 0.6) is 0 Å². The SMILES string of the molecule is Cc1ccc(CC(NN)c2cc(C)c(C)s2)cc1. The molecule has 3 N–H and O–H groups in total. The lowest BCUT2D eigenvalue weighted by atomic mass is 10.0. The van der Waals surface area contributed by atoms with Crippen LogP contribution in [0.3, 0.4) is 0 Å². The molecule has 0 aliphatic rings. The van der Waals surface area contributed by atoms with Gasteiger partial charge in [-0.3, -0.25) is 11.3 Å². The Balaban J connectivity index is 2.16. The van der Waals surface area contributed by atoms with Crippen molar-refractivity contribution >= 4 is 11.3 Å². The van der Waals surface area contributed by atoms with Crippen molar-refractivity contribution in [2.45, 2.75) is 33.2 Å². The first-order valence-corrected chi connectivity index (χ1v) is 7.00. The molecule has 0 amide bonds. The van der Waals surface area contributed by atoms with Crippen LogP contribution in [0.2, 0.25) is 0 Å². The summed E-state index contributed by atoms with van der Waals surface area (Å²) in [7, 11) is 0. The van der Waals surface area contributed by atoms with Crippen molar-refractivity contribution in [1.82, 2.24) is 5.43 Å². The molecule has 2 rings (SSSR count). The Labute approximate surface area is 113 Å². The first-order chi connectivity index (χ1) is 8.60. The second kappa shape index (κ2) is 5.65. The molecule has 0 radical (unpaired) electrons. The first-order valence-electron chi connectivity index (χ1n) is 6.18. The Morgan fingerprint density at radius 2 is 1.83 bits per heavy atom. The van der Waals surface area contributed by atoms with E-state index in [-0.39, 0.29) is 6.04 Å². The number of rotatable bonds is 4. The first kappa shape index (κ1) is 13.3. The van der Waals surface area contributed by atoms with E-state index in [2.05, 4.69) is 56.5 Å². The van der Waals surface area contributed by atoms with Gasteiger partial charge in [-0.2, -0.15) is 0 Å². The largest absolute Gasteiger partial charge is 0.271 e. The minimum Gasteiger partial charge on any atom is -0.271 e. The molecule has 0 saturated carbocycles. The predicted octanol–water partition coefficient (Wildman–Crippen LogP) is 3.42. The Kier molecular flexibility index (Phi) is 4.17. The van der Waals surface area contributed by atoms with Gasteiger partial charge < -0.3 is 0 Å². The van der Waals surface area contributed by atoms with Crippen molar-refractivity contribution in [2.75, 3.05) is 0 Å². The lowest BCUT2D eigenvalue weighted by molar-refractivity contribution is 0.560. The second-order valence-corrected chi connectivity index (χ2v) is 6.08. The van der Waals surface area contributed by atoms with Crippen molar-refractivity contribution < 1.29 is 0 Å². The van der Waals surface area contributed by atoms with Gasteiger partial charge >= 0.3 is 0 Å². The van der Waals surface area contributed by atoms with Crippen molar-refractivity contribution in [2.24, 2.45) is 5.84 Å². The van der Waals surface area contributed by atoms with E-state index in [0.29, 0.717) is 0 Å². The maximum Gasteiger partial charge on any atom is 0.0593 e. The summed E-state index contributed by atoms with van der Waals surface area (Å²) in [6.45, 7) is 6.41. The zero-order valence-corrected chi connectivity index (χ0v) is 12.0. The van der Waals surface area contributed by atoms with Gasteiger partial charge in [0.1, 0.15) is 0 Å². The van der Waals surface area contributed by atoms with E-state index in [1.807, 2.05) is 11.3 Å². The van der Waals surface area contributed by atoms with Gasteiger partial charge in [-0.05, 0) is 44.4 Å². The number of aryl methyl sites for hydroxylation is 3. The van der Waals surface area contributed by atoms with Crippen molar-refractivity contribution in [3.63, 3.8) is 0 Å². The normalized spacial score (nSPS) is 12.7. The predicted molar refractivity (Wildman–Crippen MR) is 78.7 cm³/mol. The van der Waals surface area contributed by atoms with Gasteiger partial charge in [0.25, 0.3) is 0 Å². The number of hydrogen-bond donors (Lipinski definition) is 2. The Morgan fingerprint density at radius 3 is 2.33 bits per heavy atom. The molecule has 1 aromatic carbocycles. The molecule has 18 heavy (non-hydrogen) atoms. The van der Waals surface area contributed by atoms with Gasteiger partial charge in [0.05, 0.1) is 6.04 Å². The summed E-state index contributed by atoms with van der Waals surface area (Å²) >= 11 is 1.83. The number of hydrazine groups is 1. The molecular weight excluding hydrogens is 240 g/mol. The Bertz CT molecular complexity index is 494. The number of benzene rings is 1. The fourth-order valence-electron chi connectivity index (χ4n) is 1.97. The molecule has 0 aliphatic carbocycles. The molecule has 0 spiro atoms. The van der Waals surface area contributed by atoms with Gasteiger partial charge in [-0.1, -0.05) is 29.8 Å². The van der Waals surface area contributed by atoms with E-state index in [1.54, 1.807) is 0 Å². The summed E-state index contributed by atoms with van der Waals surface area (Å²) in [5, 5.41) is 0. The average Bonchev–Trinajstić information content (AvgIpc) is 2.69. The average molecular weight is 260 g/mol. The topological polar surface area (TPSA) is 38.0 Å². The van der Waals surface area contributed by atoms with Crippen LogP contribution >= 0.6 is 11.3 Å². The van der Waals surface area contributed by atoms with Gasteiger partial charge in [0, 0.05) is 9.75 Å². The fraction of sp³-hybridized carbons (Fsp3) is 0.333. The third-order valence-electron chi connectivity index (χ3n) is 3.29. The van der Waals surface area contributed by atoms with Crippen LogP contribution in [0.1, 0.15) is 32.5 Å². The van der Waals surface area contributed by atoms with E-state index < -0.39 is 0 Å². The molecule has 0 aliphatic heterocycles. The van der Waals surface area contributed by atoms with Crippen LogP contribution in [0.4, 0.5) is 0 Å². The van der Waals surface area contributed by atoms with Gasteiger partial charge in [-0.25, -0.2) is 0 Å². The van der Waals surface area contributed by atoms with Crippen LogP contribution < -0.4 is 11.3 Å². The number of nitrogens with two attached hydrogens (primary N) is 1. The molecule has 1 unspecified atom stereocenters. The third kappa shape index (κ3) is 2.99. The zero-order chi connectivity index (χ0) is 13.1. The van der Waals surface area contributed by atoms with Gasteiger partial charge in [0.15, 0.2) is 0 Å². The molecule has 1 aromatic heterocycles. The van der Waals surface area contributed by atoms with Gasteiger partial charge in [0.2, 0.25) is 0 Å². The number of nitrogens with one attached hydrogen (secondary N) is 1. The number of thiophene rings is 1. The smallest absolute Gasteiger partial charge is 0.0593 e. The van der Waals surface area contributed by atoms with Crippen LogP contribution in [-0.2, 0) is 6.42 Å². The van der Waals surface area contributed by atoms with E-state index in [0.717, 1.165) is 6.42 Å². The molecule has 1 heterocycles. The molecule has 3 heteroatoms. The second-order valence-electron chi connectivity index (χ2n) is 4.80. The van der Waals surface area contributed by atoms with Crippen LogP contribution in [0.15, 0.2) is 30.3 Å². The summed E-state index contributed by atoms with van der Waals surface area (Å²) in [4.78, 5) is 2.68. The van der Waals surface area contributed by atoms with Crippen LogP contribution in [0, 0.1) is 20.8 Å². The molecule has 1 atom stereocenters. The van der Waals surface area contributed by atoms with Crippen molar-refractivity contribution in [1.29, 1.82) is 0 Å². The van der Waals surface area contributed by atoms with E-state index in [1.165, 1.54) is 26.4 Å². The summed E-state index contributed by atoms with van der Waals surface area (Å²) < 4.78 is 0. The third-order valence-corrected chi connectivity index (χ3v) is 4.56. The minimum atomic E-state index is 0.199. The molecule has 2 nitrogen and oxygen atoms in total. The maximum absolute atomic E-state index is 5.70. The Morgan fingerprint density at radius 1 is 1.17 bits per heavy atom. The molecule has 96 valence electrons. The van der Waals surface area contributed by atoms with Gasteiger partial charge in [-0.15, -0.1) is 11.3 Å². The lowest BCUT2D eigenvalue weighted by Gasteiger charge is -2.14. The summed E-state index contributed by atoms with van der Waals surface area (Å²) in [5.74, 6) is 5.70. The molecular formula is C15H20N2S. The highest BCUT2D eigenvalue weighted by molar-refractivity contribution is 7.12. The summed E-state index contributed by atoms with van der Waals surface area (Å²) in [6, 6.07) is 11.1. The quantitative estimate of drug-likeness (QED) is 0.653. The maximum atomic E-state index is 5.70. The molecule has 2 aromatic rings. The van der Waals surface area contributed by atoms with Crippen molar-refractivity contribution in [3.05, 3.63) is 56.8 Å². The van der Waals surface area contributed by atoms with Crippen LogP contribution in [0.25, 0.3) is 0 Å². The Hall–Kier alpha value is -1.16. The highest BCUT2D eigenvalue weighted by Gasteiger charge is 2.13. The van der Waals surface area contributed by atoms with Crippen LogP contribution in [-0.4, -0.2) is 0 Å². The molecule has 0 bridgehead atoms. The minimum absolute atomic E-state index is 0.199. The summed E-state index contributed by atoms with van der Waals surface area (Å²) in [5.41, 5.74) is 6.88. The number of hydrogen-bond acceptors (Lipinski definition) is 3. The van der Waals surface area contributed by atoms with Crippen molar-refractivity contribution in [3.8, 4) is 0 Å². The van der Waals surface area contributed by atoms with E-state index >= 15 is 0 Å². The molecule has 0 fully saturated rings. The standard InChI is InChI=1S/C15H20N2S/c1-10-4-6-13(7-5-10)9-14(17-16)15-8-11(2)12(3)18-15/h4-8,14,17H,9,16H2,1-3H3. The molecule has 0 saturated heterocycles. The highest BCUT2D eigenvalue weighted by atomic mass is 32.1. The van der Waals surface area contributed by atoms with E-state index in [4.69, 9.17) is 5.84 Å². The zero-order valence-electron chi connectivity index (χ0n) is 11.2. The summed E-state index contributed by atoms with van der Waals surface area (Å²) in [6.07, 6.45) is 0.927.